The lowest BCUT2D eigenvalue weighted by atomic mass is 9.87. The van der Waals surface area contributed by atoms with Crippen molar-refractivity contribution in [1.29, 1.82) is 0 Å². The number of carboxylic acids is 1. The summed E-state index contributed by atoms with van der Waals surface area (Å²) in [5.41, 5.74) is 0.811. The van der Waals surface area contributed by atoms with Crippen LogP contribution in [0.4, 0.5) is 0 Å². The Kier molecular flexibility index (Phi) is 4.92. The minimum atomic E-state index is -0.932. The largest absolute Gasteiger partial charge is 0.481 e. The van der Waals surface area contributed by atoms with Crippen LogP contribution >= 0.6 is 0 Å². The molecule has 0 spiro atoms. The maximum absolute atomic E-state index is 12.2. The topological polar surface area (TPSA) is 92.4 Å². The first-order valence-electron chi connectivity index (χ1n) is 6.55. The van der Waals surface area contributed by atoms with E-state index < -0.39 is 12.0 Å². The van der Waals surface area contributed by atoms with Gasteiger partial charge in [-0.1, -0.05) is 25.9 Å². The molecule has 0 aromatic carbocycles. The van der Waals surface area contributed by atoms with Crippen LogP contribution in [0.3, 0.4) is 0 Å². The molecule has 112 valence electrons. The third-order valence-electron chi connectivity index (χ3n) is 2.88. The maximum atomic E-state index is 12.2. The van der Waals surface area contributed by atoms with Crippen molar-refractivity contribution >= 4 is 11.9 Å². The SMILES string of the molecule is Cc1noc(C)c1C(=O)NC(CC(=O)O)CC(C)(C)C. The molecule has 0 aliphatic rings. The Morgan fingerprint density at radius 1 is 1.35 bits per heavy atom. The molecule has 1 heterocycles. The number of aromatic nitrogens is 1. The van der Waals surface area contributed by atoms with Gasteiger partial charge in [0, 0.05) is 6.04 Å². The number of hydrogen-bond donors (Lipinski definition) is 2. The number of rotatable bonds is 5. The summed E-state index contributed by atoms with van der Waals surface area (Å²) in [7, 11) is 0. The number of aliphatic carboxylic acids is 1. The van der Waals surface area contributed by atoms with Gasteiger partial charge in [0.05, 0.1) is 12.1 Å². The third kappa shape index (κ3) is 4.68. The first kappa shape index (κ1) is 16.2. The van der Waals surface area contributed by atoms with Crippen LogP contribution < -0.4 is 5.32 Å². The van der Waals surface area contributed by atoms with E-state index in [0.717, 1.165) is 0 Å². The Hall–Kier alpha value is -1.85. The van der Waals surface area contributed by atoms with E-state index in [0.29, 0.717) is 23.4 Å². The molecule has 1 amide bonds. The van der Waals surface area contributed by atoms with Crippen LogP contribution in [0.1, 0.15) is 55.4 Å². The Morgan fingerprint density at radius 2 is 1.95 bits per heavy atom. The molecule has 0 aliphatic heterocycles. The molecule has 0 radical (unpaired) electrons. The van der Waals surface area contributed by atoms with Crippen molar-refractivity contribution in [2.24, 2.45) is 5.41 Å². The zero-order valence-corrected chi connectivity index (χ0v) is 12.6. The van der Waals surface area contributed by atoms with E-state index in [4.69, 9.17) is 9.63 Å². The van der Waals surface area contributed by atoms with Gasteiger partial charge in [-0.05, 0) is 25.7 Å². The summed E-state index contributed by atoms with van der Waals surface area (Å²) in [4.78, 5) is 23.1. The van der Waals surface area contributed by atoms with Gasteiger partial charge in [0.2, 0.25) is 0 Å². The van der Waals surface area contributed by atoms with Crippen molar-refractivity contribution in [2.75, 3.05) is 0 Å². The summed E-state index contributed by atoms with van der Waals surface area (Å²) in [6.45, 7) is 9.35. The molecule has 1 unspecified atom stereocenters. The summed E-state index contributed by atoms with van der Waals surface area (Å²) >= 11 is 0. The van der Waals surface area contributed by atoms with Gasteiger partial charge in [0.25, 0.3) is 5.91 Å². The van der Waals surface area contributed by atoms with Crippen molar-refractivity contribution in [3.05, 3.63) is 17.0 Å². The lowest BCUT2D eigenvalue weighted by molar-refractivity contribution is -0.137. The summed E-state index contributed by atoms with van der Waals surface area (Å²) in [6.07, 6.45) is 0.473. The summed E-state index contributed by atoms with van der Waals surface area (Å²) < 4.78 is 4.95. The molecule has 0 fully saturated rings. The van der Waals surface area contributed by atoms with Gasteiger partial charge in [-0.15, -0.1) is 0 Å². The van der Waals surface area contributed by atoms with Crippen LogP contribution in [0, 0.1) is 19.3 Å². The highest BCUT2D eigenvalue weighted by atomic mass is 16.5. The Bertz CT molecular complexity index is 480. The van der Waals surface area contributed by atoms with E-state index >= 15 is 0 Å². The highest BCUT2D eigenvalue weighted by Crippen LogP contribution is 2.23. The fraction of sp³-hybridized carbons (Fsp3) is 0.643. The zero-order valence-electron chi connectivity index (χ0n) is 12.6. The average Bonchev–Trinajstić information content (AvgIpc) is 2.54. The molecule has 0 saturated carbocycles. The number of nitrogens with one attached hydrogen (secondary N) is 1. The van der Waals surface area contributed by atoms with E-state index in [1.54, 1.807) is 13.8 Å². The molecule has 20 heavy (non-hydrogen) atoms. The van der Waals surface area contributed by atoms with Gasteiger partial charge in [0.1, 0.15) is 11.3 Å². The molecule has 1 atom stereocenters. The smallest absolute Gasteiger partial charge is 0.305 e. The second-order valence-corrected chi connectivity index (χ2v) is 6.23. The van der Waals surface area contributed by atoms with Crippen LogP contribution in [-0.4, -0.2) is 28.2 Å². The Morgan fingerprint density at radius 3 is 2.35 bits per heavy atom. The molecule has 6 heteroatoms. The first-order chi connectivity index (χ1) is 9.10. The minimum absolute atomic E-state index is 0.0772. The summed E-state index contributed by atoms with van der Waals surface area (Å²) in [6, 6.07) is -0.423. The molecule has 0 bridgehead atoms. The van der Waals surface area contributed by atoms with Crippen molar-refractivity contribution < 1.29 is 19.2 Å². The molecule has 0 saturated heterocycles. The highest BCUT2D eigenvalue weighted by molar-refractivity contribution is 5.96. The van der Waals surface area contributed by atoms with Gasteiger partial charge < -0.3 is 14.9 Å². The number of hydrogen-bond acceptors (Lipinski definition) is 4. The van der Waals surface area contributed by atoms with Gasteiger partial charge in [-0.3, -0.25) is 9.59 Å². The fourth-order valence-electron chi connectivity index (χ4n) is 2.19. The van der Waals surface area contributed by atoms with E-state index in [2.05, 4.69) is 10.5 Å². The number of nitrogens with zero attached hydrogens (tertiary/aromatic N) is 1. The van der Waals surface area contributed by atoms with Gasteiger partial charge >= 0.3 is 5.97 Å². The Labute approximate surface area is 118 Å². The molecular weight excluding hydrogens is 260 g/mol. The second kappa shape index (κ2) is 6.07. The van der Waals surface area contributed by atoms with Crippen LogP contribution in [0.25, 0.3) is 0 Å². The van der Waals surface area contributed by atoms with Crippen molar-refractivity contribution in [3.8, 4) is 0 Å². The lowest BCUT2D eigenvalue weighted by Crippen LogP contribution is -2.39. The van der Waals surface area contributed by atoms with E-state index in [1.807, 2.05) is 20.8 Å². The molecule has 6 nitrogen and oxygen atoms in total. The molecule has 1 aromatic rings. The summed E-state index contributed by atoms with van der Waals surface area (Å²) in [5, 5.41) is 15.4. The Balaban J connectivity index is 2.84. The number of carbonyl (C=O) groups is 2. The first-order valence-corrected chi connectivity index (χ1v) is 6.55. The monoisotopic (exact) mass is 282 g/mol. The fourth-order valence-corrected chi connectivity index (χ4v) is 2.19. The van der Waals surface area contributed by atoms with Gasteiger partial charge in [-0.25, -0.2) is 0 Å². The predicted molar refractivity (Wildman–Crippen MR) is 73.6 cm³/mol. The quantitative estimate of drug-likeness (QED) is 0.864. The normalized spacial score (nSPS) is 13.1. The van der Waals surface area contributed by atoms with Crippen LogP contribution in [-0.2, 0) is 4.79 Å². The second-order valence-electron chi connectivity index (χ2n) is 6.23. The average molecular weight is 282 g/mol. The van der Waals surface area contributed by atoms with Crippen molar-refractivity contribution in [1.82, 2.24) is 10.5 Å². The minimum Gasteiger partial charge on any atom is -0.481 e. The zero-order chi connectivity index (χ0) is 15.5. The standard InChI is InChI=1S/C14H22N2O4/c1-8-12(9(2)20-16-8)13(19)15-10(6-11(17)18)7-14(3,4)5/h10H,6-7H2,1-5H3,(H,15,19)(H,17,18). The van der Waals surface area contributed by atoms with E-state index in [-0.39, 0.29) is 17.7 Å². The molecule has 0 aliphatic carbocycles. The van der Waals surface area contributed by atoms with Crippen molar-refractivity contribution in [2.45, 2.75) is 53.5 Å². The van der Waals surface area contributed by atoms with Crippen molar-refractivity contribution in [3.63, 3.8) is 0 Å². The van der Waals surface area contributed by atoms with E-state index in [1.165, 1.54) is 0 Å². The number of carbonyl (C=O) groups excluding carboxylic acids is 1. The predicted octanol–water partition coefficient (Wildman–Crippen LogP) is 2.30. The van der Waals surface area contributed by atoms with Gasteiger partial charge in [-0.2, -0.15) is 0 Å². The maximum Gasteiger partial charge on any atom is 0.305 e. The highest BCUT2D eigenvalue weighted by Gasteiger charge is 2.25. The van der Waals surface area contributed by atoms with Crippen LogP contribution in [0.2, 0.25) is 0 Å². The third-order valence-corrected chi connectivity index (χ3v) is 2.88. The van der Waals surface area contributed by atoms with Crippen LogP contribution in [0.5, 0.6) is 0 Å². The van der Waals surface area contributed by atoms with Crippen LogP contribution in [0.15, 0.2) is 4.52 Å². The molecule has 1 rings (SSSR count). The lowest BCUT2D eigenvalue weighted by Gasteiger charge is -2.25. The summed E-state index contributed by atoms with van der Waals surface area (Å²) in [5.74, 6) is -0.833. The molecule has 1 aromatic heterocycles. The number of amides is 1. The molecular formula is C14H22N2O4. The van der Waals surface area contributed by atoms with Gasteiger partial charge in [0.15, 0.2) is 0 Å². The number of carboxylic acid groups (broad SMARTS) is 1. The number of aryl methyl sites for hydroxylation is 2. The van der Waals surface area contributed by atoms with E-state index in [9.17, 15) is 9.59 Å². The molecule has 2 N–H and O–H groups in total.